The molecule has 1 saturated heterocycles. The summed E-state index contributed by atoms with van der Waals surface area (Å²) in [5.74, 6) is 0.856. The Labute approximate surface area is 239 Å². The van der Waals surface area contributed by atoms with Crippen molar-refractivity contribution in [2.45, 2.75) is 72.3 Å². The van der Waals surface area contributed by atoms with Crippen molar-refractivity contribution in [3.8, 4) is 0 Å². The van der Waals surface area contributed by atoms with E-state index in [0.29, 0.717) is 43.0 Å². The largest absolute Gasteiger partial charge is 0.393 e. The molecule has 1 heterocycles. The number of amides is 2. The van der Waals surface area contributed by atoms with Crippen molar-refractivity contribution >= 4 is 29.5 Å². The Morgan fingerprint density at radius 1 is 1.08 bits per heavy atom. The average molecular weight is 553 g/mol. The standard InChI is InChI=1S/C33H45ClN2O3/c1-23(10-13-26-24(2)11-14-28-32(3,4)29(37)16-17-33(26,28)5)22-31(39)36-20-18-35(19-21-36)30(38)15-12-25-8-6-7-9-27(25)34/h6-9,12,15,22,26,28-29,37H,2,10-11,13-14,16-21H2,1,3-5H3/b15-12+,23-22+/t26-,28-,29-,33+/m1/s1. The van der Waals surface area contributed by atoms with Crippen molar-refractivity contribution in [1.82, 2.24) is 9.80 Å². The number of carbonyl (C=O) groups is 2. The number of aliphatic hydroxyl groups excluding tert-OH is 1. The van der Waals surface area contributed by atoms with Crippen LogP contribution in [0.5, 0.6) is 0 Å². The molecule has 4 rings (SSSR count). The van der Waals surface area contributed by atoms with Gasteiger partial charge in [-0.05, 0) is 85.8 Å². The Morgan fingerprint density at radius 3 is 2.38 bits per heavy atom. The molecule has 1 N–H and O–H groups in total. The van der Waals surface area contributed by atoms with Gasteiger partial charge >= 0.3 is 0 Å². The SMILES string of the molecule is C=C1CC[C@@H]2C(C)(C)[C@H](O)CC[C@@]2(C)[C@@H]1CC/C(C)=C/C(=O)N1CCN(C(=O)/C=C/c2ccccc2Cl)CC1. The third-order valence-corrected chi connectivity index (χ3v) is 10.3. The van der Waals surface area contributed by atoms with Crippen molar-refractivity contribution < 1.29 is 14.7 Å². The van der Waals surface area contributed by atoms with Crippen LogP contribution >= 0.6 is 11.6 Å². The smallest absolute Gasteiger partial charge is 0.246 e. The lowest BCUT2D eigenvalue weighted by Gasteiger charge is -2.59. The summed E-state index contributed by atoms with van der Waals surface area (Å²) in [4.78, 5) is 29.3. The number of aliphatic hydroxyl groups is 1. The van der Waals surface area contributed by atoms with Crippen molar-refractivity contribution in [1.29, 1.82) is 0 Å². The van der Waals surface area contributed by atoms with Gasteiger partial charge in [-0.25, -0.2) is 0 Å². The average Bonchev–Trinajstić information content (AvgIpc) is 2.90. The topological polar surface area (TPSA) is 60.9 Å². The summed E-state index contributed by atoms with van der Waals surface area (Å²) >= 11 is 6.18. The zero-order valence-electron chi connectivity index (χ0n) is 24.1. The Kier molecular flexibility index (Phi) is 9.12. The molecule has 2 saturated carbocycles. The number of carbonyl (C=O) groups excluding carboxylic acids is 2. The van der Waals surface area contributed by atoms with E-state index < -0.39 is 0 Å². The summed E-state index contributed by atoms with van der Waals surface area (Å²) in [6.07, 6.45) is 10.7. The number of hydrogen-bond donors (Lipinski definition) is 1. The molecule has 0 spiro atoms. The molecule has 6 heteroatoms. The van der Waals surface area contributed by atoms with Gasteiger partial charge in [-0.1, -0.05) is 68.3 Å². The molecule has 0 radical (unpaired) electrons. The molecule has 0 unspecified atom stereocenters. The number of rotatable bonds is 6. The van der Waals surface area contributed by atoms with Crippen LogP contribution in [-0.4, -0.2) is 59.0 Å². The predicted molar refractivity (Wildman–Crippen MR) is 159 cm³/mol. The van der Waals surface area contributed by atoms with E-state index in [0.717, 1.165) is 49.7 Å². The third kappa shape index (κ3) is 6.36. The first-order valence-electron chi connectivity index (χ1n) is 14.5. The van der Waals surface area contributed by atoms with Gasteiger partial charge in [0, 0.05) is 43.4 Å². The molecule has 5 nitrogen and oxygen atoms in total. The number of hydrogen-bond acceptors (Lipinski definition) is 3. The quantitative estimate of drug-likeness (QED) is 0.323. The minimum Gasteiger partial charge on any atom is -0.393 e. The van der Waals surface area contributed by atoms with Crippen LogP contribution in [-0.2, 0) is 9.59 Å². The van der Waals surface area contributed by atoms with Gasteiger partial charge in [0.1, 0.15) is 0 Å². The van der Waals surface area contributed by atoms with Crippen molar-refractivity contribution in [2.75, 3.05) is 26.2 Å². The minimum absolute atomic E-state index is 0.0275. The van der Waals surface area contributed by atoms with E-state index in [9.17, 15) is 14.7 Å². The minimum atomic E-state index is -0.240. The monoisotopic (exact) mass is 552 g/mol. The molecule has 1 aromatic rings. The lowest BCUT2D eigenvalue weighted by atomic mass is 9.46. The van der Waals surface area contributed by atoms with E-state index in [1.165, 1.54) is 5.57 Å². The van der Waals surface area contributed by atoms with E-state index >= 15 is 0 Å². The first-order valence-corrected chi connectivity index (χ1v) is 14.8. The molecule has 2 amide bonds. The predicted octanol–water partition coefficient (Wildman–Crippen LogP) is 6.52. The van der Waals surface area contributed by atoms with Gasteiger partial charge in [0.05, 0.1) is 6.10 Å². The van der Waals surface area contributed by atoms with Gasteiger partial charge in [-0.2, -0.15) is 0 Å². The Hall–Kier alpha value is -2.37. The summed E-state index contributed by atoms with van der Waals surface area (Å²) in [7, 11) is 0. The first-order chi connectivity index (χ1) is 18.4. The maximum atomic E-state index is 13.0. The van der Waals surface area contributed by atoms with Crippen LogP contribution in [0.25, 0.3) is 6.08 Å². The second-order valence-corrected chi connectivity index (χ2v) is 13.1. The number of piperazine rings is 1. The molecule has 3 fully saturated rings. The Balaban J connectivity index is 1.30. The van der Waals surface area contributed by atoms with E-state index in [4.69, 9.17) is 11.6 Å². The van der Waals surface area contributed by atoms with Crippen molar-refractivity contribution in [3.63, 3.8) is 0 Å². The highest BCUT2D eigenvalue weighted by atomic mass is 35.5. The third-order valence-electron chi connectivity index (χ3n) is 9.96. The highest BCUT2D eigenvalue weighted by molar-refractivity contribution is 6.32. The van der Waals surface area contributed by atoms with Crippen LogP contribution in [0, 0.1) is 22.7 Å². The zero-order valence-corrected chi connectivity index (χ0v) is 24.8. The molecule has 1 aromatic carbocycles. The lowest BCUT2D eigenvalue weighted by Crippen LogP contribution is -2.54. The van der Waals surface area contributed by atoms with Gasteiger partial charge < -0.3 is 14.9 Å². The highest BCUT2D eigenvalue weighted by Gasteiger charge is 2.55. The van der Waals surface area contributed by atoms with Crippen LogP contribution in [0.1, 0.15) is 71.8 Å². The van der Waals surface area contributed by atoms with Crippen molar-refractivity contribution in [2.24, 2.45) is 22.7 Å². The molecular weight excluding hydrogens is 508 g/mol. The molecule has 0 bridgehead atoms. The molecule has 1 aliphatic heterocycles. The number of allylic oxidation sites excluding steroid dienone is 2. The Bertz CT molecular complexity index is 1150. The van der Waals surface area contributed by atoms with Crippen LogP contribution in [0.15, 0.2) is 54.1 Å². The van der Waals surface area contributed by atoms with Crippen LogP contribution in [0.4, 0.5) is 0 Å². The molecule has 39 heavy (non-hydrogen) atoms. The number of fused-ring (bicyclic) bond motifs is 1. The molecular formula is C33H45ClN2O3. The molecule has 212 valence electrons. The molecule has 0 aromatic heterocycles. The van der Waals surface area contributed by atoms with E-state index in [1.807, 2.05) is 23.1 Å². The molecule has 2 aliphatic carbocycles. The van der Waals surface area contributed by atoms with Gasteiger partial charge in [-0.3, -0.25) is 9.59 Å². The zero-order chi connectivity index (χ0) is 28.4. The summed E-state index contributed by atoms with van der Waals surface area (Å²) in [6, 6.07) is 7.43. The molecule has 3 aliphatic rings. The fourth-order valence-electron chi connectivity index (χ4n) is 7.47. The van der Waals surface area contributed by atoms with Gasteiger partial charge in [0.15, 0.2) is 0 Å². The first kappa shape index (κ1) is 29.6. The maximum Gasteiger partial charge on any atom is 0.246 e. The normalized spacial score (nSPS) is 29.4. The van der Waals surface area contributed by atoms with Crippen LogP contribution in [0.3, 0.4) is 0 Å². The van der Waals surface area contributed by atoms with Crippen molar-refractivity contribution in [3.05, 3.63) is 64.7 Å². The van der Waals surface area contributed by atoms with Crippen LogP contribution in [0.2, 0.25) is 5.02 Å². The fraction of sp³-hybridized carbons (Fsp3) is 0.576. The maximum absolute atomic E-state index is 13.0. The number of nitrogens with zero attached hydrogens (tertiary/aromatic N) is 2. The van der Waals surface area contributed by atoms with E-state index in [2.05, 4.69) is 34.3 Å². The fourth-order valence-corrected chi connectivity index (χ4v) is 7.67. The summed E-state index contributed by atoms with van der Waals surface area (Å²) in [5, 5.41) is 11.3. The van der Waals surface area contributed by atoms with E-state index in [1.54, 1.807) is 29.2 Å². The number of benzene rings is 1. The molecule has 4 atom stereocenters. The second-order valence-electron chi connectivity index (χ2n) is 12.7. The van der Waals surface area contributed by atoms with Gasteiger partial charge in [0.25, 0.3) is 0 Å². The van der Waals surface area contributed by atoms with Gasteiger partial charge in [0.2, 0.25) is 11.8 Å². The van der Waals surface area contributed by atoms with Crippen LogP contribution < -0.4 is 0 Å². The highest BCUT2D eigenvalue weighted by Crippen LogP contribution is 2.61. The summed E-state index contributed by atoms with van der Waals surface area (Å²) in [5.41, 5.74) is 3.30. The van der Waals surface area contributed by atoms with E-state index in [-0.39, 0.29) is 28.7 Å². The Morgan fingerprint density at radius 2 is 1.72 bits per heavy atom. The van der Waals surface area contributed by atoms with Gasteiger partial charge in [-0.15, -0.1) is 0 Å². The number of halogens is 1. The summed E-state index contributed by atoms with van der Waals surface area (Å²) < 4.78 is 0. The second kappa shape index (κ2) is 12.0. The summed E-state index contributed by atoms with van der Waals surface area (Å²) in [6.45, 7) is 15.5. The lowest BCUT2D eigenvalue weighted by molar-refractivity contribution is -0.134.